The summed E-state index contributed by atoms with van der Waals surface area (Å²) >= 11 is 0. The molecule has 4 nitrogen and oxygen atoms in total. The minimum Gasteiger partial charge on any atom is -0.370 e. The molecule has 2 aliphatic rings. The van der Waals surface area contributed by atoms with E-state index in [9.17, 15) is 0 Å². The monoisotopic (exact) mass is 352 g/mol. The van der Waals surface area contributed by atoms with Crippen molar-refractivity contribution in [3.63, 3.8) is 0 Å². The lowest BCUT2D eigenvalue weighted by Gasteiger charge is -2.30. The summed E-state index contributed by atoms with van der Waals surface area (Å²) in [7, 11) is 0. The number of halogens is 1. The van der Waals surface area contributed by atoms with Crippen LogP contribution in [0.1, 0.15) is 32.6 Å². The van der Waals surface area contributed by atoms with E-state index >= 15 is 0 Å². The van der Waals surface area contributed by atoms with Gasteiger partial charge in [0.25, 0.3) is 0 Å². The molecule has 1 aliphatic carbocycles. The predicted molar refractivity (Wildman–Crippen MR) is 82.9 cm³/mol. The standard InChI is InChI=1S/C12H24N4.HI/c1-10-3-2-7-16(9-10)8-6-14-12(13)15-11-4-5-11;/h10-11H,2-9H2,1H3,(H3,13,14,15);1H. The number of nitrogens with one attached hydrogen (secondary N) is 1. The number of hydrogen-bond acceptors (Lipinski definition) is 2. The summed E-state index contributed by atoms with van der Waals surface area (Å²) in [6.45, 7) is 6.68. The normalized spacial score (nSPS) is 26.4. The van der Waals surface area contributed by atoms with Crippen LogP contribution in [-0.4, -0.2) is 43.1 Å². The minimum atomic E-state index is 0. The van der Waals surface area contributed by atoms with Gasteiger partial charge in [-0.25, -0.2) is 0 Å². The largest absolute Gasteiger partial charge is 0.370 e. The fourth-order valence-electron chi connectivity index (χ4n) is 2.28. The molecule has 0 spiro atoms. The first kappa shape index (κ1) is 15.0. The smallest absolute Gasteiger partial charge is 0.188 e. The van der Waals surface area contributed by atoms with E-state index in [0.29, 0.717) is 12.0 Å². The summed E-state index contributed by atoms with van der Waals surface area (Å²) in [5.41, 5.74) is 5.78. The van der Waals surface area contributed by atoms with E-state index in [1.54, 1.807) is 0 Å². The van der Waals surface area contributed by atoms with E-state index < -0.39 is 0 Å². The summed E-state index contributed by atoms with van der Waals surface area (Å²) < 4.78 is 0. The Morgan fingerprint density at radius 1 is 1.41 bits per heavy atom. The first-order chi connectivity index (χ1) is 7.74. The average Bonchev–Trinajstić information content (AvgIpc) is 3.02. The van der Waals surface area contributed by atoms with Crippen molar-refractivity contribution in [2.45, 2.75) is 38.6 Å². The molecule has 5 heteroatoms. The molecule has 1 aliphatic heterocycles. The van der Waals surface area contributed by atoms with Crippen LogP contribution in [0.3, 0.4) is 0 Å². The molecule has 2 fully saturated rings. The van der Waals surface area contributed by atoms with Gasteiger partial charge in [-0.3, -0.25) is 4.99 Å². The van der Waals surface area contributed by atoms with Crippen molar-refractivity contribution in [1.29, 1.82) is 0 Å². The lowest BCUT2D eigenvalue weighted by Crippen LogP contribution is -2.37. The highest BCUT2D eigenvalue weighted by Crippen LogP contribution is 2.18. The molecule has 0 amide bonds. The van der Waals surface area contributed by atoms with Gasteiger partial charge in [-0.15, -0.1) is 24.0 Å². The summed E-state index contributed by atoms with van der Waals surface area (Å²) in [5.74, 6) is 1.48. The van der Waals surface area contributed by atoms with Gasteiger partial charge in [-0.1, -0.05) is 6.92 Å². The van der Waals surface area contributed by atoms with Crippen molar-refractivity contribution in [3.8, 4) is 0 Å². The molecule has 1 saturated heterocycles. The molecule has 17 heavy (non-hydrogen) atoms. The van der Waals surface area contributed by atoms with Gasteiger partial charge in [0.05, 0.1) is 6.54 Å². The van der Waals surface area contributed by atoms with Crippen LogP contribution in [0.2, 0.25) is 0 Å². The first-order valence-electron chi connectivity index (χ1n) is 6.53. The SMILES string of the molecule is CC1CCCN(CCN=C(N)NC2CC2)C1.I. The van der Waals surface area contributed by atoms with E-state index in [-0.39, 0.29) is 24.0 Å². The molecule has 0 bridgehead atoms. The lowest BCUT2D eigenvalue weighted by molar-refractivity contribution is 0.189. The van der Waals surface area contributed by atoms with Crippen molar-refractivity contribution in [1.82, 2.24) is 10.2 Å². The maximum atomic E-state index is 5.78. The molecule has 3 N–H and O–H groups in total. The van der Waals surface area contributed by atoms with Crippen LogP contribution in [0.15, 0.2) is 4.99 Å². The Labute approximate surface area is 121 Å². The van der Waals surface area contributed by atoms with Crippen molar-refractivity contribution in [3.05, 3.63) is 0 Å². The van der Waals surface area contributed by atoms with Crippen LogP contribution in [0.4, 0.5) is 0 Å². The third-order valence-corrected chi connectivity index (χ3v) is 3.37. The molecule has 1 atom stereocenters. The molecule has 0 radical (unpaired) electrons. The van der Waals surface area contributed by atoms with Crippen LogP contribution in [-0.2, 0) is 0 Å². The van der Waals surface area contributed by atoms with Crippen LogP contribution < -0.4 is 11.1 Å². The number of rotatable bonds is 4. The zero-order valence-corrected chi connectivity index (χ0v) is 13.0. The highest BCUT2D eigenvalue weighted by Gasteiger charge is 2.21. The van der Waals surface area contributed by atoms with Crippen molar-refractivity contribution >= 4 is 29.9 Å². The Morgan fingerprint density at radius 2 is 2.18 bits per heavy atom. The van der Waals surface area contributed by atoms with E-state index in [4.69, 9.17) is 5.73 Å². The van der Waals surface area contributed by atoms with Crippen LogP contribution in [0.25, 0.3) is 0 Å². The Bertz CT molecular complexity index is 253. The molecule has 1 unspecified atom stereocenters. The Hall–Kier alpha value is -0.0400. The molecule has 2 rings (SSSR count). The molecule has 1 heterocycles. The van der Waals surface area contributed by atoms with E-state index in [1.165, 1.54) is 38.8 Å². The number of nitrogens with zero attached hydrogens (tertiary/aromatic N) is 2. The second-order valence-corrected chi connectivity index (χ2v) is 5.23. The van der Waals surface area contributed by atoms with Gasteiger partial charge in [-0.05, 0) is 38.1 Å². The zero-order chi connectivity index (χ0) is 11.4. The van der Waals surface area contributed by atoms with E-state index in [0.717, 1.165) is 19.0 Å². The van der Waals surface area contributed by atoms with Crippen LogP contribution in [0.5, 0.6) is 0 Å². The average molecular weight is 352 g/mol. The number of aliphatic imine (C=N–C) groups is 1. The van der Waals surface area contributed by atoms with Crippen molar-refractivity contribution in [2.24, 2.45) is 16.6 Å². The highest BCUT2D eigenvalue weighted by molar-refractivity contribution is 14.0. The number of likely N-dealkylation sites (tertiary alicyclic amines) is 1. The van der Waals surface area contributed by atoms with E-state index in [2.05, 4.69) is 22.1 Å². The van der Waals surface area contributed by atoms with E-state index in [1.807, 2.05) is 0 Å². The molecule has 0 aromatic heterocycles. The number of nitrogens with two attached hydrogens (primary N) is 1. The number of guanidine groups is 1. The predicted octanol–water partition coefficient (Wildman–Crippen LogP) is 1.40. The maximum Gasteiger partial charge on any atom is 0.188 e. The highest BCUT2D eigenvalue weighted by atomic mass is 127. The fraction of sp³-hybridized carbons (Fsp3) is 0.917. The number of piperidine rings is 1. The van der Waals surface area contributed by atoms with Gasteiger partial charge >= 0.3 is 0 Å². The quantitative estimate of drug-likeness (QED) is 0.457. The Morgan fingerprint density at radius 3 is 2.82 bits per heavy atom. The van der Waals surface area contributed by atoms with Crippen molar-refractivity contribution in [2.75, 3.05) is 26.2 Å². The van der Waals surface area contributed by atoms with Gasteiger partial charge < -0.3 is 16.0 Å². The summed E-state index contributed by atoms with van der Waals surface area (Å²) in [4.78, 5) is 6.87. The maximum absolute atomic E-state index is 5.78. The topological polar surface area (TPSA) is 53.6 Å². The Balaban J connectivity index is 0.00000144. The minimum absolute atomic E-state index is 0. The molecule has 0 aromatic rings. The van der Waals surface area contributed by atoms with Gasteiger partial charge in [0, 0.05) is 19.1 Å². The third-order valence-electron chi connectivity index (χ3n) is 3.37. The van der Waals surface area contributed by atoms with Gasteiger partial charge in [0.2, 0.25) is 0 Å². The molecule has 0 aromatic carbocycles. The second kappa shape index (κ2) is 7.41. The second-order valence-electron chi connectivity index (χ2n) is 5.23. The Kier molecular flexibility index (Phi) is 6.54. The third kappa shape index (κ3) is 5.90. The fourth-order valence-corrected chi connectivity index (χ4v) is 2.28. The molecule has 100 valence electrons. The lowest BCUT2D eigenvalue weighted by atomic mass is 10.0. The van der Waals surface area contributed by atoms with Crippen molar-refractivity contribution < 1.29 is 0 Å². The van der Waals surface area contributed by atoms with Crippen LogP contribution in [0, 0.1) is 5.92 Å². The van der Waals surface area contributed by atoms with Gasteiger partial charge in [-0.2, -0.15) is 0 Å². The molecular weight excluding hydrogens is 327 g/mol. The summed E-state index contributed by atoms with van der Waals surface area (Å²) in [5, 5.41) is 3.21. The molecule has 1 saturated carbocycles. The van der Waals surface area contributed by atoms with Gasteiger partial charge in [0.1, 0.15) is 0 Å². The van der Waals surface area contributed by atoms with Crippen LogP contribution >= 0.6 is 24.0 Å². The molecular formula is C12H25IN4. The first-order valence-corrected chi connectivity index (χ1v) is 6.53. The summed E-state index contributed by atoms with van der Waals surface area (Å²) in [6.07, 6.45) is 5.21. The number of hydrogen-bond donors (Lipinski definition) is 2. The van der Waals surface area contributed by atoms with Gasteiger partial charge in [0.15, 0.2) is 5.96 Å². The summed E-state index contributed by atoms with van der Waals surface area (Å²) in [6, 6.07) is 0.610. The zero-order valence-electron chi connectivity index (χ0n) is 10.7.